The van der Waals surface area contributed by atoms with Crippen molar-refractivity contribution < 1.29 is 9.53 Å². The number of piperidine rings is 1. The third-order valence-corrected chi connectivity index (χ3v) is 3.28. The van der Waals surface area contributed by atoms with Crippen LogP contribution < -0.4 is 4.74 Å². The number of aryl methyl sites for hydroxylation is 1. The van der Waals surface area contributed by atoms with Gasteiger partial charge in [0.15, 0.2) is 0 Å². The highest BCUT2D eigenvalue weighted by Crippen LogP contribution is 2.17. The lowest BCUT2D eigenvalue weighted by Gasteiger charge is -2.32. The highest BCUT2D eigenvalue weighted by Gasteiger charge is 2.25. The number of ether oxygens (including phenoxy) is 1. The highest BCUT2D eigenvalue weighted by molar-refractivity contribution is 5.78. The van der Waals surface area contributed by atoms with Crippen LogP contribution in [0, 0.1) is 12.8 Å². The lowest BCUT2D eigenvalue weighted by molar-refractivity contribution is -0.136. The first kappa shape index (κ1) is 13.8. The highest BCUT2D eigenvalue weighted by atomic mass is 16.5. The van der Waals surface area contributed by atoms with Crippen LogP contribution in [-0.2, 0) is 4.79 Å². The van der Waals surface area contributed by atoms with Crippen molar-refractivity contribution in [2.45, 2.75) is 39.7 Å². The fourth-order valence-corrected chi connectivity index (χ4v) is 2.15. The van der Waals surface area contributed by atoms with E-state index in [2.05, 4.69) is 9.97 Å². The first-order chi connectivity index (χ1) is 9.06. The zero-order valence-corrected chi connectivity index (χ0v) is 11.8. The summed E-state index contributed by atoms with van der Waals surface area (Å²) in [7, 11) is 0. The number of nitrogens with zero attached hydrogens (tertiary/aromatic N) is 3. The second-order valence-corrected chi connectivity index (χ2v) is 5.34. The van der Waals surface area contributed by atoms with Gasteiger partial charge in [-0.2, -0.15) is 0 Å². The lowest BCUT2D eigenvalue weighted by Crippen LogP contribution is -2.43. The summed E-state index contributed by atoms with van der Waals surface area (Å²) in [5.74, 6) is 0.294. The van der Waals surface area contributed by atoms with Gasteiger partial charge in [0.1, 0.15) is 6.10 Å². The molecule has 0 radical (unpaired) electrons. The molecular weight excluding hydrogens is 242 g/mol. The Balaban J connectivity index is 1.83. The number of likely N-dealkylation sites (tertiary alicyclic amines) is 1. The van der Waals surface area contributed by atoms with E-state index in [9.17, 15) is 4.79 Å². The van der Waals surface area contributed by atoms with Crippen molar-refractivity contribution in [1.82, 2.24) is 14.9 Å². The standard InChI is InChI=1S/C14H21N3O2/c1-10(2)13(18)17-6-4-12(5-7-17)19-14-15-8-11(3)9-16-14/h8-10,12H,4-7H2,1-3H3. The molecule has 1 aromatic rings. The van der Waals surface area contributed by atoms with Gasteiger partial charge in [-0.25, -0.2) is 9.97 Å². The average molecular weight is 263 g/mol. The summed E-state index contributed by atoms with van der Waals surface area (Å²) < 4.78 is 5.74. The maximum atomic E-state index is 11.9. The first-order valence-electron chi connectivity index (χ1n) is 6.80. The van der Waals surface area contributed by atoms with Crippen molar-refractivity contribution in [2.75, 3.05) is 13.1 Å². The van der Waals surface area contributed by atoms with Gasteiger partial charge in [-0.1, -0.05) is 13.8 Å². The Morgan fingerprint density at radius 3 is 2.42 bits per heavy atom. The van der Waals surface area contributed by atoms with Crippen molar-refractivity contribution in [1.29, 1.82) is 0 Å². The largest absolute Gasteiger partial charge is 0.460 e. The first-order valence-corrected chi connectivity index (χ1v) is 6.80. The molecule has 0 aliphatic carbocycles. The van der Waals surface area contributed by atoms with E-state index in [0.29, 0.717) is 6.01 Å². The number of carbonyl (C=O) groups excluding carboxylic acids is 1. The molecule has 2 heterocycles. The molecule has 2 rings (SSSR count). The van der Waals surface area contributed by atoms with Gasteiger partial charge in [0.2, 0.25) is 5.91 Å². The molecule has 0 unspecified atom stereocenters. The van der Waals surface area contributed by atoms with Gasteiger partial charge in [-0.3, -0.25) is 4.79 Å². The smallest absolute Gasteiger partial charge is 0.316 e. The monoisotopic (exact) mass is 263 g/mol. The van der Waals surface area contributed by atoms with Crippen LogP contribution in [0.25, 0.3) is 0 Å². The minimum absolute atomic E-state index is 0.0675. The van der Waals surface area contributed by atoms with E-state index < -0.39 is 0 Å². The van der Waals surface area contributed by atoms with Crippen molar-refractivity contribution in [3.05, 3.63) is 18.0 Å². The van der Waals surface area contributed by atoms with Gasteiger partial charge in [-0.05, 0) is 12.5 Å². The Labute approximate surface area is 114 Å². The van der Waals surface area contributed by atoms with Gasteiger partial charge in [-0.15, -0.1) is 0 Å². The van der Waals surface area contributed by atoms with Gasteiger partial charge in [0.25, 0.3) is 0 Å². The fourth-order valence-electron chi connectivity index (χ4n) is 2.15. The van der Waals surface area contributed by atoms with Crippen LogP contribution in [0.15, 0.2) is 12.4 Å². The van der Waals surface area contributed by atoms with Crippen molar-refractivity contribution >= 4 is 5.91 Å². The van der Waals surface area contributed by atoms with Crippen LogP contribution in [0.4, 0.5) is 0 Å². The number of rotatable bonds is 3. The van der Waals surface area contributed by atoms with Crippen molar-refractivity contribution in [2.24, 2.45) is 5.92 Å². The van der Waals surface area contributed by atoms with Crippen LogP contribution in [0.3, 0.4) is 0 Å². The molecular formula is C14H21N3O2. The molecule has 1 amide bonds. The number of amides is 1. The summed E-state index contributed by atoms with van der Waals surface area (Å²) in [5, 5.41) is 0. The van der Waals surface area contributed by atoms with E-state index in [4.69, 9.17) is 4.74 Å². The molecule has 1 aliphatic heterocycles. The molecule has 0 spiro atoms. The molecule has 0 N–H and O–H groups in total. The van der Waals surface area contributed by atoms with Crippen LogP contribution in [0.5, 0.6) is 6.01 Å². The summed E-state index contributed by atoms with van der Waals surface area (Å²) in [6.07, 6.45) is 5.30. The van der Waals surface area contributed by atoms with Crippen LogP contribution in [-0.4, -0.2) is 40.0 Å². The van der Waals surface area contributed by atoms with Crippen molar-refractivity contribution in [3.8, 4) is 6.01 Å². The summed E-state index contributed by atoms with van der Waals surface area (Å²) in [4.78, 5) is 22.1. The Morgan fingerprint density at radius 2 is 1.89 bits per heavy atom. The lowest BCUT2D eigenvalue weighted by atomic mass is 10.1. The normalized spacial score (nSPS) is 16.7. The minimum Gasteiger partial charge on any atom is -0.460 e. The molecule has 1 aliphatic rings. The number of hydrogen-bond acceptors (Lipinski definition) is 4. The maximum absolute atomic E-state index is 11.9. The maximum Gasteiger partial charge on any atom is 0.316 e. The Bertz CT molecular complexity index is 423. The quantitative estimate of drug-likeness (QED) is 0.834. The second-order valence-electron chi connectivity index (χ2n) is 5.34. The van der Waals surface area contributed by atoms with E-state index in [1.165, 1.54) is 0 Å². The average Bonchev–Trinajstić information content (AvgIpc) is 2.41. The minimum atomic E-state index is 0.0675. The molecule has 0 saturated carbocycles. The van der Waals surface area contributed by atoms with Gasteiger partial charge >= 0.3 is 6.01 Å². The summed E-state index contributed by atoms with van der Waals surface area (Å²) in [6.45, 7) is 7.33. The molecule has 0 aromatic carbocycles. The van der Waals surface area contributed by atoms with Crippen molar-refractivity contribution in [3.63, 3.8) is 0 Å². The SMILES string of the molecule is Cc1cnc(OC2CCN(C(=O)C(C)C)CC2)nc1. The number of aromatic nitrogens is 2. The van der Waals surface area contributed by atoms with Gasteiger partial charge < -0.3 is 9.64 Å². The molecule has 0 atom stereocenters. The third kappa shape index (κ3) is 3.66. The molecule has 104 valence electrons. The van der Waals surface area contributed by atoms with E-state index >= 15 is 0 Å². The zero-order valence-electron chi connectivity index (χ0n) is 11.8. The fraction of sp³-hybridized carbons (Fsp3) is 0.643. The van der Waals surface area contributed by atoms with Gasteiger partial charge in [0.05, 0.1) is 0 Å². The molecule has 5 heteroatoms. The van der Waals surface area contributed by atoms with Gasteiger partial charge in [0, 0.05) is 44.2 Å². The Hall–Kier alpha value is -1.65. The number of carbonyl (C=O) groups is 1. The van der Waals surface area contributed by atoms with Crippen LogP contribution in [0.2, 0.25) is 0 Å². The number of hydrogen-bond donors (Lipinski definition) is 0. The molecule has 1 saturated heterocycles. The molecule has 1 fully saturated rings. The molecule has 1 aromatic heterocycles. The van der Waals surface area contributed by atoms with E-state index in [1.54, 1.807) is 12.4 Å². The Morgan fingerprint density at radius 1 is 1.32 bits per heavy atom. The predicted molar refractivity (Wildman–Crippen MR) is 71.8 cm³/mol. The second kappa shape index (κ2) is 5.99. The van der Waals surface area contributed by atoms with E-state index in [0.717, 1.165) is 31.5 Å². The van der Waals surface area contributed by atoms with E-state index in [1.807, 2.05) is 25.7 Å². The molecule has 19 heavy (non-hydrogen) atoms. The topological polar surface area (TPSA) is 55.3 Å². The summed E-state index contributed by atoms with van der Waals surface area (Å²) >= 11 is 0. The van der Waals surface area contributed by atoms with E-state index in [-0.39, 0.29) is 17.9 Å². The molecule has 0 bridgehead atoms. The van der Waals surface area contributed by atoms with Crippen LogP contribution in [0.1, 0.15) is 32.3 Å². The summed E-state index contributed by atoms with van der Waals surface area (Å²) in [5.41, 5.74) is 1.02. The summed E-state index contributed by atoms with van der Waals surface area (Å²) in [6, 6.07) is 0.430. The predicted octanol–water partition coefficient (Wildman–Crippen LogP) is 1.81. The zero-order chi connectivity index (χ0) is 13.8. The Kier molecular flexibility index (Phi) is 4.35. The van der Waals surface area contributed by atoms with Crippen LogP contribution >= 0.6 is 0 Å². The third-order valence-electron chi connectivity index (χ3n) is 3.28. The molecule has 5 nitrogen and oxygen atoms in total.